The van der Waals surface area contributed by atoms with E-state index in [1.807, 2.05) is 31.9 Å². The van der Waals surface area contributed by atoms with Gasteiger partial charge in [-0.3, -0.25) is 4.79 Å². The van der Waals surface area contributed by atoms with Gasteiger partial charge in [0.2, 0.25) is 5.91 Å². The van der Waals surface area contributed by atoms with Crippen molar-refractivity contribution in [3.05, 3.63) is 17.5 Å². The normalized spacial score (nSPS) is 27.0. The van der Waals surface area contributed by atoms with Crippen molar-refractivity contribution in [2.24, 2.45) is 0 Å². The lowest BCUT2D eigenvalue weighted by Gasteiger charge is -2.35. The predicted octanol–water partition coefficient (Wildman–Crippen LogP) is 1.93. The molecule has 2 bridgehead atoms. The molecule has 22 heavy (non-hydrogen) atoms. The highest BCUT2D eigenvalue weighted by molar-refractivity contribution is 7.99. The van der Waals surface area contributed by atoms with Crippen molar-refractivity contribution in [3.63, 3.8) is 0 Å². The molecule has 1 amide bonds. The molecule has 1 aromatic heterocycles. The summed E-state index contributed by atoms with van der Waals surface area (Å²) in [6, 6.07) is 3.54. The van der Waals surface area contributed by atoms with Gasteiger partial charge in [-0.05, 0) is 45.6 Å². The van der Waals surface area contributed by atoms with Gasteiger partial charge in [-0.25, -0.2) is 9.97 Å². The van der Waals surface area contributed by atoms with Crippen LogP contribution in [0.15, 0.2) is 11.2 Å². The number of thioether (sulfide) groups is 1. The van der Waals surface area contributed by atoms with Crippen molar-refractivity contribution in [2.45, 2.75) is 62.8 Å². The van der Waals surface area contributed by atoms with E-state index in [9.17, 15) is 4.79 Å². The maximum atomic E-state index is 12.4. The Bertz CT molecular complexity index is 533. The number of aryl methyl sites for hydroxylation is 2. The Morgan fingerprint density at radius 3 is 2.45 bits per heavy atom. The predicted molar refractivity (Wildman–Crippen MR) is 88.0 cm³/mol. The summed E-state index contributed by atoms with van der Waals surface area (Å²) < 4.78 is 0. The zero-order chi connectivity index (χ0) is 15.7. The smallest absolute Gasteiger partial charge is 0.233 e. The van der Waals surface area contributed by atoms with Gasteiger partial charge >= 0.3 is 0 Å². The molecular weight excluding hydrogens is 296 g/mol. The van der Waals surface area contributed by atoms with Crippen LogP contribution in [0.1, 0.15) is 37.1 Å². The van der Waals surface area contributed by atoms with Gasteiger partial charge in [-0.15, -0.1) is 0 Å². The Hall–Kier alpha value is -1.14. The Labute approximate surface area is 136 Å². The number of amides is 1. The van der Waals surface area contributed by atoms with Gasteiger partial charge in [0.25, 0.3) is 0 Å². The van der Waals surface area contributed by atoms with Crippen LogP contribution in [0, 0.1) is 13.8 Å². The van der Waals surface area contributed by atoms with Gasteiger partial charge in [0.1, 0.15) is 0 Å². The number of carbonyl (C=O) groups is 1. The summed E-state index contributed by atoms with van der Waals surface area (Å²) >= 11 is 1.44. The molecule has 0 spiro atoms. The van der Waals surface area contributed by atoms with Crippen LogP contribution in [0.3, 0.4) is 0 Å². The van der Waals surface area contributed by atoms with Crippen molar-refractivity contribution in [3.8, 4) is 0 Å². The van der Waals surface area contributed by atoms with Gasteiger partial charge in [-0.2, -0.15) is 0 Å². The Morgan fingerprint density at radius 1 is 1.27 bits per heavy atom. The fourth-order valence-corrected chi connectivity index (χ4v) is 4.41. The zero-order valence-corrected chi connectivity index (χ0v) is 14.3. The summed E-state index contributed by atoms with van der Waals surface area (Å²) in [7, 11) is 1.95. The molecule has 3 rings (SSSR count). The summed E-state index contributed by atoms with van der Waals surface area (Å²) in [6.45, 7) is 3.91. The molecule has 1 N–H and O–H groups in total. The highest BCUT2D eigenvalue weighted by Crippen LogP contribution is 2.29. The lowest BCUT2D eigenvalue weighted by atomic mass is 9.98. The molecule has 120 valence electrons. The molecule has 2 aliphatic heterocycles. The van der Waals surface area contributed by atoms with E-state index in [4.69, 9.17) is 0 Å². The molecule has 3 heterocycles. The molecular formula is C16H24N4OS. The first-order valence-electron chi connectivity index (χ1n) is 7.98. The summed E-state index contributed by atoms with van der Waals surface area (Å²) in [4.78, 5) is 23.2. The lowest BCUT2D eigenvalue weighted by Crippen LogP contribution is -2.49. The molecule has 2 unspecified atom stereocenters. The molecule has 2 saturated heterocycles. The number of hydrogen-bond donors (Lipinski definition) is 1. The Morgan fingerprint density at radius 2 is 1.86 bits per heavy atom. The number of rotatable bonds is 4. The quantitative estimate of drug-likeness (QED) is 0.678. The van der Waals surface area contributed by atoms with Gasteiger partial charge in [0.15, 0.2) is 5.16 Å². The number of carbonyl (C=O) groups excluding carboxylic acids is 1. The largest absolute Gasteiger partial charge is 0.342 e. The summed E-state index contributed by atoms with van der Waals surface area (Å²) in [5.74, 6) is 0.595. The third-order valence-corrected chi connectivity index (χ3v) is 5.51. The number of hydrogen-bond acceptors (Lipinski definition) is 5. The van der Waals surface area contributed by atoms with Crippen LogP contribution in [-0.2, 0) is 4.79 Å². The van der Waals surface area contributed by atoms with E-state index in [2.05, 4.69) is 15.3 Å². The highest BCUT2D eigenvalue weighted by Gasteiger charge is 2.36. The monoisotopic (exact) mass is 320 g/mol. The number of piperidine rings is 1. The van der Waals surface area contributed by atoms with Crippen LogP contribution in [0.25, 0.3) is 0 Å². The van der Waals surface area contributed by atoms with E-state index in [0.29, 0.717) is 29.0 Å². The van der Waals surface area contributed by atoms with Crippen LogP contribution < -0.4 is 5.32 Å². The molecule has 2 atom stereocenters. The summed E-state index contributed by atoms with van der Waals surface area (Å²) in [6.07, 6.45) is 4.69. The van der Waals surface area contributed by atoms with Crippen LogP contribution in [-0.4, -0.2) is 51.7 Å². The first-order chi connectivity index (χ1) is 10.5. The zero-order valence-electron chi connectivity index (χ0n) is 13.5. The second-order valence-electron chi connectivity index (χ2n) is 6.49. The van der Waals surface area contributed by atoms with Gasteiger partial charge in [0, 0.05) is 36.6 Å². The fourth-order valence-electron chi connectivity index (χ4n) is 3.53. The van der Waals surface area contributed by atoms with Crippen molar-refractivity contribution >= 4 is 17.7 Å². The maximum absolute atomic E-state index is 12.4. The van der Waals surface area contributed by atoms with E-state index in [1.165, 1.54) is 24.6 Å². The van der Waals surface area contributed by atoms with E-state index >= 15 is 0 Å². The first kappa shape index (κ1) is 15.7. The standard InChI is InChI=1S/C16H24N4OS/c1-10-6-11(2)18-16(17-10)22-9-15(21)20(3)14-7-12-4-5-13(8-14)19-12/h6,12-14,19H,4-5,7-9H2,1-3H3. The molecule has 0 radical (unpaired) electrons. The van der Waals surface area contributed by atoms with Crippen molar-refractivity contribution in [1.82, 2.24) is 20.2 Å². The van der Waals surface area contributed by atoms with Crippen LogP contribution in [0.5, 0.6) is 0 Å². The summed E-state index contributed by atoms with van der Waals surface area (Å²) in [5.41, 5.74) is 1.90. The summed E-state index contributed by atoms with van der Waals surface area (Å²) in [5, 5.41) is 4.32. The third kappa shape index (κ3) is 3.60. The third-order valence-electron chi connectivity index (χ3n) is 4.68. The fraction of sp³-hybridized carbons (Fsp3) is 0.688. The lowest BCUT2D eigenvalue weighted by molar-refractivity contribution is -0.129. The first-order valence-corrected chi connectivity index (χ1v) is 8.96. The molecule has 0 saturated carbocycles. The second-order valence-corrected chi connectivity index (χ2v) is 7.43. The Kier molecular flexibility index (Phi) is 4.68. The SMILES string of the molecule is Cc1cc(C)nc(SCC(=O)N(C)C2CC3CCC(C2)N3)n1. The van der Waals surface area contributed by atoms with Crippen LogP contribution in [0.4, 0.5) is 0 Å². The molecule has 5 nitrogen and oxygen atoms in total. The molecule has 0 aromatic carbocycles. The highest BCUT2D eigenvalue weighted by atomic mass is 32.2. The second kappa shape index (κ2) is 6.54. The molecule has 2 fully saturated rings. The minimum absolute atomic E-state index is 0.180. The topological polar surface area (TPSA) is 58.1 Å². The van der Waals surface area contributed by atoms with Crippen molar-refractivity contribution in [1.29, 1.82) is 0 Å². The number of nitrogens with one attached hydrogen (secondary N) is 1. The van der Waals surface area contributed by atoms with Crippen molar-refractivity contribution in [2.75, 3.05) is 12.8 Å². The van der Waals surface area contributed by atoms with Crippen LogP contribution in [0.2, 0.25) is 0 Å². The number of nitrogens with zero attached hydrogens (tertiary/aromatic N) is 3. The maximum Gasteiger partial charge on any atom is 0.233 e. The van der Waals surface area contributed by atoms with Crippen molar-refractivity contribution < 1.29 is 4.79 Å². The molecule has 0 aliphatic carbocycles. The van der Waals surface area contributed by atoms with Gasteiger partial charge < -0.3 is 10.2 Å². The average Bonchev–Trinajstić information content (AvgIpc) is 2.81. The van der Waals surface area contributed by atoms with Crippen LogP contribution >= 0.6 is 11.8 Å². The molecule has 1 aromatic rings. The number of fused-ring (bicyclic) bond motifs is 2. The Balaban J connectivity index is 1.55. The van der Waals surface area contributed by atoms with E-state index in [-0.39, 0.29) is 5.91 Å². The minimum Gasteiger partial charge on any atom is -0.342 e. The average molecular weight is 320 g/mol. The molecule has 6 heteroatoms. The van der Waals surface area contributed by atoms with E-state index in [0.717, 1.165) is 24.2 Å². The van der Waals surface area contributed by atoms with Gasteiger partial charge in [0.05, 0.1) is 5.75 Å². The molecule has 2 aliphatic rings. The minimum atomic E-state index is 0.180. The van der Waals surface area contributed by atoms with Gasteiger partial charge in [-0.1, -0.05) is 11.8 Å². The van der Waals surface area contributed by atoms with E-state index in [1.54, 1.807) is 0 Å². The number of aromatic nitrogens is 2. The van der Waals surface area contributed by atoms with E-state index < -0.39 is 0 Å².